The number of fused-ring (bicyclic) bond motifs is 2. The highest BCUT2D eigenvalue weighted by atomic mass is 35.5. The van der Waals surface area contributed by atoms with Crippen LogP contribution in [-0.4, -0.2) is 51.7 Å². The minimum atomic E-state index is -0.258. The molecule has 1 aliphatic carbocycles. The fourth-order valence-electron chi connectivity index (χ4n) is 5.22. The SMILES string of the molecule is CN(C)C1(Cn2cc(C(=O)C3COc4ccc(Cl)cc4C3)c3ccc(-c4cn[nH]c4Cl)cc32)CC1. The Morgan fingerprint density at radius 3 is 2.77 bits per heavy atom. The van der Waals surface area contributed by atoms with E-state index in [4.69, 9.17) is 27.9 Å². The zero-order valence-corrected chi connectivity index (χ0v) is 21.2. The Kier molecular flexibility index (Phi) is 5.44. The van der Waals surface area contributed by atoms with Crippen molar-refractivity contribution in [1.82, 2.24) is 19.7 Å². The van der Waals surface area contributed by atoms with Crippen LogP contribution in [0, 0.1) is 5.92 Å². The van der Waals surface area contributed by atoms with E-state index in [1.54, 1.807) is 6.20 Å². The van der Waals surface area contributed by atoms with Crippen molar-refractivity contribution in [2.24, 2.45) is 5.92 Å². The lowest BCUT2D eigenvalue weighted by molar-refractivity contribution is 0.0856. The number of H-pyrrole nitrogens is 1. The standard InChI is InChI=1S/C27H26Cl2N4O2/c1-32(2)27(7-8-27)15-33-13-22(20-5-3-16(11-23(20)33)21-12-30-31-26(21)29)25(34)18-9-17-10-19(28)4-6-24(17)35-14-18/h3-6,10-13,18H,7-9,14-15H2,1-2H3,(H,30,31). The molecule has 1 aliphatic heterocycles. The zero-order valence-electron chi connectivity index (χ0n) is 19.6. The lowest BCUT2D eigenvalue weighted by atomic mass is 9.89. The molecule has 2 aliphatic rings. The first kappa shape index (κ1) is 22.7. The number of Topliss-reactive ketones (excluding diaryl/α,β-unsaturated/α-hetero) is 1. The van der Waals surface area contributed by atoms with Gasteiger partial charge in [-0.15, -0.1) is 0 Å². The molecule has 0 amide bonds. The predicted molar refractivity (Wildman–Crippen MR) is 139 cm³/mol. The Morgan fingerprint density at radius 2 is 2.06 bits per heavy atom. The summed E-state index contributed by atoms with van der Waals surface area (Å²) < 4.78 is 8.18. The summed E-state index contributed by atoms with van der Waals surface area (Å²) in [5.41, 5.74) is 4.67. The van der Waals surface area contributed by atoms with Crippen molar-refractivity contribution in [1.29, 1.82) is 0 Å². The molecular weight excluding hydrogens is 483 g/mol. The van der Waals surface area contributed by atoms with Gasteiger partial charge in [0.25, 0.3) is 0 Å². The summed E-state index contributed by atoms with van der Waals surface area (Å²) in [4.78, 5) is 16.1. The summed E-state index contributed by atoms with van der Waals surface area (Å²) in [6.07, 6.45) is 6.66. The van der Waals surface area contributed by atoms with E-state index < -0.39 is 0 Å². The van der Waals surface area contributed by atoms with E-state index in [2.05, 4.69) is 39.8 Å². The average Bonchev–Trinajstić information content (AvgIpc) is 3.38. The molecule has 35 heavy (non-hydrogen) atoms. The number of ketones is 1. The molecule has 0 spiro atoms. The molecule has 2 aromatic heterocycles. The minimum Gasteiger partial charge on any atom is -0.493 e. The average molecular weight is 509 g/mol. The molecule has 6 nitrogen and oxygen atoms in total. The lowest BCUT2D eigenvalue weighted by Gasteiger charge is -2.25. The number of carbonyl (C=O) groups is 1. The van der Waals surface area contributed by atoms with Gasteiger partial charge in [0.05, 0.1) is 18.7 Å². The number of benzene rings is 2. The van der Waals surface area contributed by atoms with Crippen molar-refractivity contribution in [3.05, 3.63) is 70.1 Å². The van der Waals surface area contributed by atoms with Gasteiger partial charge in [0.1, 0.15) is 10.9 Å². The fourth-order valence-corrected chi connectivity index (χ4v) is 5.62. The number of ether oxygens (including phenoxy) is 1. The highest BCUT2D eigenvalue weighted by Gasteiger charge is 2.45. The van der Waals surface area contributed by atoms with E-state index >= 15 is 0 Å². The fraction of sp³-hybridized carbons (Fsp3) is 0.333. The minimum absolute atomic E-state index is 0.100. The van der Waals surface area contributed by atoms with E-state index in [-0.39, 0.29) is 17.2 Å². The normalized spacial score (nSPS) is 18.5. The molecule has 8 heteroatoms. The number of hydrogen-bond acceptors (Lipinski definition) is 4. The lowest BCUT2D eigenvalue weighted by Crippen LogP contribution is -2.34. The van der Waals surface area contributed by atoms with Crippen LogP contribution in [0.4, 0.5) is 0 Å². The van der Waals surface area contributed by atoms with Crippen molar-refractivity contribution in [2.45, 2.75) is 31.3 Å². The van der Waals surface area contributed by atoms with Crippen molar-refractivity contribution < 1.29 is 9.53 Å². The number of likely N-dealkylation sites (N-methyl/N-ethyl adjacent to an activating group) is 1. The van der Waals surface area contributed by atoms with Crippen LogP contribution in [0.1, 0.15) is 28.8 Å². The van der Waals surface area contributed by atoms with Crippen LogP contribution < -0.4 is 4.74 Å². The molecule has 0 saturated heterocycles. The number of aromatic nitrogens is 3. The van der Waals surface area contributed by atoms with Crippen molar-refractivity contribution in [2.75, 3.05) is 20.7 Å². The summed E-state index contributed by atoms with van der Waals surface area (Å²) in [7, 11) is 4.26. The molecule has 1 N–H and O–H groups in total. The van der Waals surface area contributed by atoms with Crippen LogP contribution in [0.15, 0.2) is 48.8 Å². The van der Waals surface area contributed by atoms with Crippen LogP contribution in [0.3, 0.4) is 0 Å². The molecule has 1 fully saturated rings. The van der Waals surface area contributed by atoms with Crippen molar-refractivity contribution in [3.63, 3.8) is 0 Å². The van der Waals surface area contributed by atoms with Gasteiger partial charge in [-0.1, -0.05) is 35.3 Å². The Labute approximate surface area is 213 Å². The molecule has 0 radical (unpaired) electrons. The maximum absolute atomic E-state index is 13.8. The number of nitrogens with zero attached hydrogens (tertiary/aromatic N) is 3. The second-order valence-electron chi connectivity index (χ2n) is 9.95. The van der Waals surface area contributed by atoms with Gasteiger partial charge in [-0.05, 0) is 68.8 Å². The Bertz CT molecular complexity index is 1450. The van der Waals surface area contributed by atoms with Crippen LogP contribution >= 0.6 is 23.2 Å². The third-order valence-electron chi connectivity index (χ3n) is 7.59. The Balaban J connectivity index is 1.41. The highest BCUT2D eigenvalue weighted by molar-refractivity contribution is 6.32. The quantitative estimate of drug-likeness (QED) is 0.331. The first-order valence-corrected chi connectivity index (χ1v) is 12.6. The largest absolute Gasteiger partial charge is 0.493 e. The van der Waals surface area contributed by atoms with Crippen molar-refractivity contribution in [3.8, 4) is 16.9 Å². The number of aromatic amines is 1. The molecule has 4 aromatic rings. The summed E-state index contributed by atoms with van der Waals surface area (Å²) in [5, 5.41) is 8.97. The molecular formula is C27H26Cl2N4O2. The number of rotatable bonds is 6. The second-order valence-corrected chi connectivity index (χ2v) is 10.8. The first-order valence-electron chi connectivity index (χ1n) is 11.8. The van der Waals surface area contributed by atoms with Crippen molar-refractivity contribution >= 4 is 39.9 Å². The van der Waals surface area contributed by atoms with Crippen LogP contribution in [0.25, 0.3) is 22.0 Å². The van der Waals surface area contributed by atoms with E-state index in [1.807, 2.05) is 36.5 Å². The summed E-state index contributed by atoms with van der Waals surface area (Å²) in [5.74, 6) is 0.652. The molecule has 180 valence electrons. The molecule has 1 unspecified atom stereocenters. The summed E-state index contributed by atoms with van der Waals surface area (Å²) >= 11 is 12.5. The highest BCUT2D eigenvalue weighted by Crippen LogP contribution is 2.43. The van der Waals surface area contributed by atoms with E-state index in [0.29, 0.717) is 23.2 Å². The van der Waals surface area contributed by atoms with E-state index in [1.165, 1.54) is 0 Å². The number of nitrogens with one attached hydrogen (secondary N) is 1. The van der Waals surface area contributed by atoms with Gasteiger partial charge in [-0.3, -0.25) is 9.89 Å². The van der Waals surface area contributed by atoms with E-state index in [9.17, 15) is 4.79 Å². The predicted octanol–water partition coefficient (Wildman–Crippen LogP) is 5.87. The third kappa shape index (κ3) is 3.94. The van der Waals surface area contributed by atoms with Crippen LogP contribution in [-0.2, 0) is 13.0 Å². The Morgan fingerprint density at radius 1 is 1.23 bits per heavy atom. The molecule has 6 rings (SSSR count). The molecule has 0 bridgehead atoms. The van der Waals surface area contributed by atoms with Gasteiger partial charge in [-0.25, -0.2) is 0 Å². The van der Waals surface area contributed by atoms with Gasteiger partial charge >= 0.3 is 0 Å². The van der Waals surface area contributed by atoms with Gasteiger partial charge in [0, 0.05) is 45.3 Å². The maximum Gasteiger partial charge on any atom is 0.171 e. The maximum atomic E-state index is 13.8. The second kappa shape index (κ2) is 8.40. The molecule has 1 atom stereocenters. The molecule has 3 heterocycles. The summed E-state index contributed by atoms with van der Waals surface area (Å²) in [6.45, 7) is 1.19. The Hall–Kier alpha value is -2.80. The smallest absolute Gasteiger partial charge is 0.171 e. The van der Waals surface area contributed by atoms with Gasteiger partial charge < -0.3 is 14.2 Å². The summed E-state index contributed by atoms with van der Waals surface area (Å²) in [6, 6.07) is 11.7. The van der Waals surface area contributed by atoms with E-state index in [0.717, 1.165) is 58.3 Å². The first-order chi connectivity index (χ1) is 16.8. The van der Waals surface area contributed by atoms with Gasteiger partial charge in [0.2, 0.25) is 0 Å². The van der Waals surface area contributed by atoms with Gasteiger partial charge in [-0.2, -0.15) is 5.10 Å². The monoisotopic (exact) mass is 508 g/mol. The zero-order chi connectivity index (χ0) is 24.3. The van der Waals surface area contributed by atoms with Crippen LogP contribution in [0.2, 0.25) is 10.2 Å². The van der Waals surface area contributed by atoms with Gasteiger partial charge in [0.15, 0.2) is 5.78 Å². The third-order valence-corrected chi connectivity index (χ3v) is 8.11. The number of carbonyl (C=O) groups excluding carboxylic acids is 1. The number of hydrogen-bond donors (Lipinski definition) is 1. The molecule has 2 aromatic carbocycles. The topological polar surface area (TPSA) is 63.1 Å². The van der Waals surface area contributed by atoms with Crippen LogP contribution in [0.5, 0.6) is 5.75 Å². The number of halogens is 2. The molecule has 1 saturated carbocycles.